The number of benzene rings is 1. The normalized spacial score (nSPS) is 20.0. The van der Waals surface area contributed by atoms with E-state index in [1.165, 1.54) is 12.1 Å². The summed E-state index contributed by atoms with van der Waals surface area (Å²) in [6.07, 6.45) is 1.80. The molecule has 1 heterocycles. The Morgan fingerprint density at radius 1 is 1.47 bits per heavy atom. The number of nitrogens with zero attached hydrogens (tertiary/aromatic N) is 2. The van der Waals surface area contributed by atoms with Gasteiger partial charge in [-0.3, -0.25) is 4.79 Å². The third kappa shape index (κ3) is 2.47. The van der Waals surface area contributed by atoms with Crippen molar-refractivity contribution in [2.75, 3.05) is 32.1 Å². The van der Waals surface area contributed by atoms with Crippen LogP contribution in [0.25, 0.3) is 0 Å². The molecule has 92 valence electrons. The van der Waals surface area contributed by atoms with E-state index in [0.717, 1.165) is 31.5 Å². The lowest BCUT2D eigenvalue weighted by molar-refractivity contribution is 0.112. The van der Waals surface area contributed by atoms with Crippen molar-refractivity contribution >= 4 is 12.0 Å². The minimum Gasteiger partial charge on any atom is -0.369 e. The lowest BCUT2D eigenvalue weighted by Crippen LogP contribution is -2.31. The number of rotatable bonds is 3. The third-order valence-corrected chi connectivity index (χ3v) is 3.35. The maximum Gasteiger partial charge on any atom is 0.152 e. The quantitative estimate of drug-likeness (QED) is 0.747. The van der Waals surface area contributed by atoms with Gasteiger partial charge in [-0.25, -0.2) is 4.39 Å². The van der Waals surface area contributed by atoms with Crippen LogP contribution in [-0.2, 0) is 0 Å². The number of anilines is 1. The number of likely N-dealkylation sites (N-methyl/N-ethyl adjacent to an activating group) is 1. The van der Waals surface area contributed by atoms with Crippen LogP contribution in [0.4, 0.5) is 10.1 Å². The number of carbonyl (C=O) groups excluding carboxylic acids is 1. The first-order valence-electron chi connectivity index (χ1n) is 5.78. The fourth-order valence-electron chi connectivity index (χ4n) is 2.29. The summed E-state index contributed by atoms with van der Waals surface area (Å²) in [5.41, 5.74) is 1.27. The molecule has 1 saturated heterocycles. The summed E-state index contributed by atoms with van der Waals surface area (Å²) in [5.74, 6) is -0.362. The van der Waals surface area contributed by atoms with E-state index in [4.69, 9.17) is 0 Å². The average Bonchev–Trinajstić information content (AvgIpc) is 2.78. The smallest absolute Gasteiger partial charge is 0.152 e. The molecule has 0 bridgehead atoms. The summed E-state index contributed by atoms with van der Waals surface area (Å²) in [6, 6.07) is 4.90. The first-order valence-corrected chi connectivity index (χ1v) is 5.78. The van der Waals surface area contributed by atoms with Crippen LogP contribution in [0.5, 0.6) is 0 Å². The number of hydrogen-bond donors (Lipinski definition) is 0. The SMILES string of the molecule is CN(C)C1CCN(c2ccc(F)cc2C=O)C1. The van der Waals surface area contributed by atoms with Crippen molar-refractivity contribution < 1.29 is 9.18 Å². The second-order valence-electron chi connectivity index (χ2n) is 4.67. The molecule has 0 saturated carbocycles. The molecule has 0 N–H and O–H groups in total. The molecule has 1 aromatic rings. The van der Waals surface area contributed by atoms with Gasteiger partial charge in [0.2, 0.25) is 0 Å². The number of aldehydes is 1. The predicted octanol–water partition coefficient (Wildman–Crippen LogP) is 1.78. The van der Waals surface area contributed by atoms with Crippen LogP contribution in [0.2, 0.25) is 0 Å². The molecule has 1 aliphatic rings. The van der Waals surface area contributed by atoms with Crippen molar-refractivity contribution in [2.45, 2.75) is 12.5 Å². The van der Waals surface area contributed by atoms with Gasteiger partial charge in [-0.2, -0.15) is 0 Å². The molecule has 2 rings (SSSR count). The lowest BCUT2D eigenvalue weighted by Gasteiger charge is -2.22. The van der Waals surface area contributed by atoms with Gasteiger partial charge in [-0.1, -0.05) is 0 Å². The highest BCUT2D eigenvalue weighted by atomic mass is 19.1. The highest BCUT2D eigenvalue weighted by molar-refractivity contribution is 5.84. The van der Waals surface area contributed by atoms with Gasteiger partial charge >= 0.3 is 0 Å². The Kier molecular flexibility index (Phi) is 3.43. The molecule has 1 aliphatic heterocycles. The molecule has 1 fully saturated rings. The highest BCUT2D eigenvalue weighted by Gasteiger charge is 2.25. The van der Waals surface area contributed by atoms with E-state index in [1.807, 2.05) is 0 Å². The summed E-state index contributed by atoms with van der Waals surface area (Å²) in [6.45, 7) is 1.80. The summed E-state index contributed by atoms with van der Waals surface area (Å²) in [5, 5.41) is 0. The molecular weight excluding hydrogens is 219 g/mol. The highest BCUT2D eigenvalue weighted by Crippen LogP contribution is 2.25. The van der Waals surface area contributed by atoms with Crippen LogP contribution in [0.1, 0.15) is 16.8 Å². The molecule has 3 nitrogen and oxygen atoms in total. The standard InChI is InChI=1S/C13H17FN2O/c1-15(2)12-5-6-16(8-12)13-4-3-11(14)7-10(13)9-17/h3-4,7,9,12H,5-6,8H2,1-2H3. The maximum absolute atomic E-state index is 13.0. The van der Waals surface area contributed by atoms with Crippen molar-refractivity contribution in [3.05, 3.63) is 29.6 Å². The fourth-order valence-corrected chi connectivity index (χ4v) is 2.29. The Hall–Kier alpha value is -1.42. The molecule has 1 atom stereocenters. The maximum atomic E-state index is 13.0. The van der Waals surface area contributed by atoms with Crippen molar-refractivity contribution in [2.24, 2.45) is 0 Å². The van der Waals surface area contributed by atoms with Gasteiger partial charge in [0.15, 0.2) is 6.29 Å². The molecule has 1 aromatic carbocycles. The van der Waals surface area contributed by atoms with E-state index >= 15 is 0 Å². The van der Waals surface area contributed by atoms with Gasteiger partial charge in [-0.05, 0) is 38.7 Å². The second kappa shape index (κ2) is 4.84. The van der Waals surface area contributed by atoms with Crippen LogP contribution in [-0.4, -0.2) is 44.4 Å². The zero-order valence-electron chi connectivity index (χ0n) is 10.2. The minimum absolute atomic E-state index is 0.362. The molecular formula is C13H17FN2O. The molecule has 0 spiro atoms. The number of carbonyl (C=O) groups is 1. The van der Waals surface area contributed by atoms with Gasteiger partial charge in [0.1, 0.15) is 5.82 Å². The largest absolute Gasteiger partial charge is 0.369 e. The Balaban J connectivity index is 2.21. The minimum atomic E-state index is -0.362. The third-order valence-electron chi connectivity index (χ3n) is 3.35. The van der Waals surface area contributed by atoms with E-state index in [0.29, 0.717) is 11.6 Å². The van der Waals surface area contributed by atoms with Crippen LogP contribution >= 0.6 is 0 Å². The van der Waals surface area contributed by atoms with Gasteiger partial charge in [0.25, 0.3) is 0 Å². The van der Waals surface area contributed by atoms with Crippen LogP contribution in [0.15, 0.2) is 18.2 Å². The molecule has 0 amide bonds. The number of halogens is 1. The Labute approximate surface area is 101 Å². The van der Waals surface area contributed by atoms with Crippen LogP contribution in [0.3, 0.4) is 0 Å². The fraction of sp³-hybridized carbons (Fsp3) is 0.462. The zero-order chi connectivity index (χ0) is 12.4. The first-order chi connectivity index (χ1) is 8.11. The summed E-state index contributed by atoms with van der Waals surface area (Å²) >= 11 is 0. The topological polar surface area (TPSA) is 23.6 Å². The Morgan fingerprint density at radius 3 is 2.82 bits per heavy atom. The zero-order valence-corrected chi connectivity index (χ0v) is 10.2. The van der Waals surface area contributed by atoms with Gasteiger partial charge in [0.05, 0.1) is 0 Å². The summed E-state index contributed by atoms with van der Waals surface area (Å²) < 4.78 is 13.0. The van der Waals surface area contributed by atoms with Gasteiger partial charge in [-0.15, -0.1) is 0 Å². The van der Waals surface area contributed by atoms with E-state index < -0.39 is 0 Å². The van der Waals surface area contributed by atoms with Crippen molar-refractivity contribution in [3.63, 3.8) is 0 Å². The molecule has 4 heteroatoms. The average molecular weight is 236 g/mol. The van der Waals surface area contributed by atoms with Gasteiger partial charge in [0, 0.05) is 30.4 Å². The van der Waals surface area contributed by atoms with Crippen molar-refractivity contribution in [1.29, 1.82) is 0 Å². The van der Waals surface area contributed by atoms with E-state index in [1.54, 1.807) is 6.07 Å². The molecule has 0 aromatic heterocycles. The molecule has 17 heavy (non-hydrogen) atoms. The Bertz CT molecular complexity index is 420. The van der Waals surface area contributed by atoms with E-state index in [-0.39, 0.29) is 5.82 Å². The molecule has 0 radical (unpaired) electrons. The monoisotopic (exact) mass is 236 g/mol. The predicted molar refractivity (Wildman–Crippen MR) is 66.1 cm³/mol. The van der Waals surface area contributed by atoms with Crippen LogP contribution < -0.4 is 4.90 Å². The van der Waals surface area contributed by atoms with E-state index in [9.17, 15) is 9.18 Å². The van der Waals surface area contributed by atoms with Crippen LogP contribution in [0, 0.1) is 5.82 Å². The van der Waals surface area contributed by atoms with Gasteiger partial charge < -0.3 is 9.80 Å². The molecule has 1 unspecified atom stereocenters. The lowest BCUT2D eigenvalue weighted by atomic mass is 10.1. The number of hydrogen-bond acceptors (Lipinski definition) is 3. The van der Waals surface area contributed by atoms with Crippen molar-refractivity contribution in [1.82, 2.24) is 4.90 Å². The summed E-state index contributed by atoms with van der Waals surface area (Å²) in [4.78, 5) is 15.3. The van der Waals surface area contributed by atoms with Crippen molar-refractivity contribution in [3.8, 4) is 0 Å². The van der Waals surface area contributed by atoms with E-state index in [2.05, 4.69) is 23.9 Å². The Morgan fingerprint density at radius 2 is 2.24 bits per heavy atom. The summed E-state index contributed by atoms with van der Waals surface area (Å²) in [7, 11) is 4.11. The second-order valence-corrected chi connectivity index (χ2v) is 4.67. The molecule has 0 aliphatic carbocycles. The first kappa shape index (κ1) is 12.0.